The highest BCUT2D eigenvalue weighted by Crippen LogP contribution is 2.21. The summed E-state index contributed by atoms with van der Waals surface area (Å²) in [5, 5.41) is 9.10. The highest BCUT2D eigenvalue weighted by molar-refractivity contribution is 5.86. The van der Waals surface area contributed by atoms with Gasteiger partial charge in [0.25, 0.3) is 0 Å². The molecule has 20 heavy (non-hydrogen) atoms. The van der Waals surface area contributed by atoms with Crippen molar-refractivity contribution in [3.05, 3.63) is 72.0 Å². The molecule has 3 heteroatoms. The fourth-order valence-electron chi connectivity index (χ4n) is 2.02. The second-order valence-electron chi connectivity index (χ2n) is 4.43. The molecule has 0 heterocycles. The van der Waals surface area contributed by atoms with Crippen molar-refractivity contribution in [2.75, 3.05) is 7.11 Å². The maximum atomic E-state index is 11.1. The third kappa shape index (κ3) is 3.48. The van der Waals surface area contributed by atoms with Gasteiger partial charge in [0.15, 0.2) is 0 Å². The van der Waals surface area contributed by atoms with E-state index in [1.165, 1.54) is 13.4 Å². The molecule has 0 radical (unpaired) electrons. The molecule has 3 nitrogen and oxygen atoms in total. The largest absolute Gasteiger partial charge is 0.504 e. The monoisotopic (exact) mass is 268 g/mol. The van der Waals surface area contributed by atoms with Crippen LogP contribution in [0.2, 0.25) is 0 Å². The molecule has 0 saturated carbocycles. The number of carbonyl (C=O) groups is 1. The lowest BCUT2D eigenvalue weighted by molar-refractivity contribution is -0.132. The van der Waals surface area contributed by atoms with Crippen molar-refractivity contribution in [1.29, 1.82) is 0 Å². The van der Waals surface area contributed by atoms with Crippen LogP contribution in [0.15, 0.2) is 66.4 Å². The predicted octanol–water partition coefficient (Wildman–Crippen LogP) is 3.51. The van der Waals surface area contributed by atoms with Gasteiger partial charge < -0.3 is 9.84 Å². The zero-order valence-electron chi connectivity index (χ0n) is 11.2. The molecule has 2 rings (SSSR count). The van der Waals surface area contributed by atoms with Crippen molar-refractivity contribution in [2.45, 2.75) is 6.42 Å². The van der Waals surface area contributed by atoms with E-state index in [1.807, 2.05) is 54.6 Å². The Bertz CT molecular complexity index is 615. The molecule has 0 aliphatic heterocycles. The Hall–Kier alpha value is -2.55. The fourth-order valence-corrected chi connectivity index (χ4v) is 2.02. The number of hydrogen-bond donors (Lipinski definition) is 1. The summed E-state index contributed by atoms with van der Waals surface area (Å²) in [4.78, 5) is 11.1. The number of carboxylic acid groups (broad SMARTS) is 1. The Morgan fingerprint density at radius 3 is 2.45 bits per heavy atom. The van der Waals surface area contributed by atoms with E-state index in [0.29, 0.717) is 6.42 Å². The van der Waals surface area contributed by atoms with E-state index in [4.69, 9.17) is 9.84 Å². The van der Waals surface area contributed by atoms with Gasteiger partial charge >= 0.3 is 5.97 Å². The van der Waals surface area contributed by atoms with Crippen molar-refractivity contribution < 1.29 is 14.6 Å². The van der Waals surface area contributed by atoms with Gasteiger partial charge in [-0.2, -0.15) is 0 Å². The molecular weight excluding hydrogens is 252 g/mol. The van der Waals surface area contributed by atoms with Crippen molar-refractivity contribution in [1.82, 2.24) is 0 Å². The lowest BCUT2D eigenvalue weighted by Gasteiger charge is -2.06. The van der Waals surface area contributed by atoms with Gasteiger partial charge in [0, 0.05) is 6.42 Å². The van der Waals surface area contributed by atoms with Crippen LogP contribution in [0.4, 0.5) is 0 Å². The molecule has 0 atom stereocenters. The summed E-state index contributed by atoms with van der Waals surface area (Å²) in [7, 11) is 1.45. The van der Waals surface area contributed by atoms with Crippen LogP contribution >= 0.6 is 0 Å². The van der Waals surface area contributed by atoms with Gasteiger partial charge in [-0.3, -0.25) is 0 Å². The van der Waals surface area contributed by atoms with Crippen LogP contribution in [-0.4, -0.2) is 18.2 Å². The minimum atomic E-state index is -0.961. The normalized spacial score (nSPS) is 11.2. The Morgan fingerprint density at radius 2 is 1.80 bits per heavy atom. The van der Waals surface area contributed by atoms with Crippen LogP contribution in [0.1, 0.15) is 5.56 Å². The highest BCUT2D eigenvalue weighted by atomic mass is 16.5. The van der Waals surface area contributed by atoms with E-state index < -0.39 is 5.97 Å². The quantitative estimate of drug-likeness (QED) is 0.666. The SMILES string of the molecule is CO/C=C(/Cc1cccc(-c2ccccc2)c1)C(=O)O. The minimum absolute atomic E-state index is 0.234. The van der Waals surface area contributed by atoms with Crippen LogP contribution in [0.3, 0.4) is 0 Å². The van der Waals surface area contributed by atoms with E-state index in [0.717, 1.165) is 16.7 Å². The lowest BCUT2D eigenvalue weighted by atomic mass is 9.99. The topological polar surface area (TPSA) is 46.5 Å². The van der Waals surface area contributed by atoms with Gasteiger partial charge in [-0.15, -0.1) is 0 Å². The van der Waals surface area contributed by atoms with E-state index in [1.54, 1.807) is 0 Å². The minimum Gasteiger partial charge on any atom is -0.504 e. The molecule has 0 unspecified atom stereocenters. The molecule has 0 aromatic heterocycles. The number of hydrogen-bond acceptors (Lipinski definition) is 2. The summed E-state index contributed by atoms with van der Waals surface area (Å²) >= 11 is 0. The van der Waals surface area contributed by atoms with Gasteiger partial charge in [-0.25, -0.2) is 4.79 Å². The third-order valence-corrected chi connectivity index (χ3v) is 2.96. The van der Waals surface area contributed by atoms with Crippen molar-refractivity contribution in [2.24, 2.45) is 0 Å². The fraction of sp³-hybridized carbons (Fsp3) is 0.118. The zero-order chi connectivity index (χ0) is 14.4. The summed E-state index contributed by atoms with van der Waals surface area (Å²) < 4.78 is 4.81. The molecule has 0 saturated heterocycles. The molecule has 0 spiro atoms. The molecule has 0 amide bonds. The molecule has 102 valence electrons. The van der Waals surface area contributed by atoms with Gasteiger partial charge in [-0.05, 0) is 16.7 Å². The molecule has 0 fully saturated rings. The predicted molar refractivity (Wildman–Crippen MR) is 78.3 cm³/mol. The molecule has 0 aliphatic rings. The first-order valence-electron chi connectivity index (χ1n) is 6.30. The summed E-state index contributed by atoms with van der Waals surface area (Å²) in [6.45, 7) is 0. The molecular formula is C17H16O3. The van der Waals surface area contributed by atoms with E-state index in [9.17, 15) is 4.79 Å². The smallest absolute Gasteiger partial charge is 0.335 e. The van der Waals surface area contributed by atoms with E-state index >= 15 is 0 Å². The highest BCUT2D eigenvalue weighted by Gasteiger charge is 2.09. The summed E-state index contributed by atoms with van der Waals surface area (Å²) in [6, 6.07) is 17.9. The Kier molecular flexibility index (Phi) is 4.56. The molecule has 1 N–H and O–H groups in total. The first kappa shape index (κ1) is 13.9. The van der Waals surface area contributed by atoms with Gasteiger partial charge in [0.2, 0.25) is 0 Å². The Balaban J connectivity index is 2.27. The van der Waals surface area contributed by atoms with Crippen molar-refractivity contribution in [3.8, 4) is 11.1 Å². The first-order valence-corrected chi connectivity index (χ1v) is 6.30. The number of rotatable bonds is 5. The van der Waals surface area contributed by atoms with Crippen LogP contribution in [0.25, 0.3) is 11.1 Å². The second kappa shape index (κ2) is 6.57. The standard InChI is InChI=1S/C17H16O3/c1-20-12-16(17(18)19)11-13-6-5-9-15(10-13)14-7-3-2-4-8-14/h2-10,12H,11H2,1H3,(H,18,19)/b16-12-. The van der Waals surface area contributed by atoms with E-state index in [2.05, 4.69) is 0 Å². The average molecular weight is 268 g/mol. The van der Waals surface area contributed by atoms with Crippen molar-refractivity contribution >= 4 is 5.97 Å². The lowest BCUT2D eigenvalue weighted by Crippen LogP contribution is -2.04. The first-order chi connectivity index (χ1) is 9.70. The van der Waals surface area contributed by atoms with Gasteiger partial charge in [0.05, 0.1) is 18.9 Å². The maximum Gasteiger partial charge on any atom is 0.335 e. The molecule has 2 aromatic rings. The Labute approximate surface area is 118 Å². The number of aliphatic carboxylic acids is 1. The molecule has 2 aromatic carbocycles. The van der Waals surface area contributed by atoms with E-state index in [-0.39, 0.29) is 5.57 Å². The van der Waals surface area contributed by atoms with Crippen molar-refractivity contribution in [3.63, 3.8) is 0 Å². The van der Waals surface area contributed by atoms with Gasteiger partial charge in [-0.1, -0.05) is 54.6 Å². The van der Waals surface area contributed by atoms with Gasteiger partial charge in [0.1, 0.15) is 0 Å². The maximum absolute atomic E-state index is 11.1. The summed E-state index contributed by atoms with van der Waals surface area (Å²) in [5.41, 5.74) is 3.36. The van der Waals surface area contributed by atoms with Crippen LogP contribution in [0, 0.1) is 0 Å². The number of ether oxygens (including phenoxy) is 1. The number of carboxylic acids is 1. The van der Waals surface area contributed by atoms with Crippen LogP contribution < -0.4 is 0 Å². The third-order valence-electron chi connectivity index (χ3n) is 2.96. The summed E-state index contributed by atoms with van der Waals surface area (Å²) in [6.07, 6.45) is 1.61. The zero-order valence-corrected chi connectivity index (χ0v) is 11.2. The Morgan fingerprint density at radius 1 is 1.10 bits per heavy atom. The second-order valence-corrected chi connectivity index (χ2v) is 4.43. The average Bonchev–Trinajstić information content (AvgIpc) is 2.48. The molecule has 0 aliphatic carbocycles. The summed E-state index contributed by atoms with van der Waals surface area (Å²) in [5.74, 6) is -0.961. The number of methoxy groups -OCH3 is 1. The van der Waals surface area contributed by atoms with Crippen LogP contribution in [0.5, 0.6) is 0 Å². The van der Waals surface area contributed by atoms with Crippen LogP contribution in [-0.2, 0) is 16.0 Å². The number of benzene rings is 2. The molecule has 0 bridgehead atoms.